The Morgan fingerprint density at radius 2 is 1.39 bits per heavy atom. The second-order valence-corrected chi connectivity index (χ2v) is 5.39. The third kappa shape index (κ3) is 4.89. The fraction of sp³-hybridized carbons (Fsp3) is 0. The highest BCUT2D eigenvalue weighted by Gasteiger charge is 2.09. The van der Waals surface area contributed by atoms with Gasteiger partial charge in [0.15, 0.2) is 0 Å². The predicted octanol–water partition coefficient (Wildman–Crippen LogP) is 0.0451. The highest BCUT2D eigenvalue weighted by atomic mass is 35.7. The molecular weight excluding hydrogens is 280 g/mol. The molecule has 0 bridgehead atoms. The molecule has 0 spiro atoms. The van der Waals surface area contributed by atoms with Gasteiger partial charge in [-0.1, -0.05) is 0 Å². The van der Waals surface area contributed by atoms with E-state index in [-0.39, 0.29) is 10.8 Å². The van der Waals surface area contributed by atoms with Crippen LogP contribution in [0.2, 0.25) is 0 Å². The zero-order chi connectivity index (χ0) is 13.6. The van der Waals surface area contributed by atoms with Gasteiger partial charge in [0, 0.05) is 23.1 Å². The van der Waals surface area contributed by atoms with Crippen molar-refractivity contribution in [2.24, 2.45) is 0 Å². The summed E-state index contributed by atoms with van der Waals surface area (Å²) in [5.41, 5.74) is 10.2. The molecule has 0 unspecified atom stereocenters. The number of rotatable bonds is 1. The average molecular weight is 289 g/mol. The monoisotopic (exact) mass is 288 g/mol. The molecule has 0 atom stereocenters. The SMILES string of the molecule is Nc1ncc(S(=O)(=O)Cl)cn1.Nc1ncccn1. The standard InChI is InChI=1S/C4H4ClN3O2S.C4H5N3/c5-11(9,10)3-1-7-4(6)8-2-3;5-4-6-2-1-3-7-4/h1-2H,(H2,6,7,8);1-3H,(H2,5,6,7). The van der Waals surface area contributed by atoms with E-state index in [2.05, 4.69) is 19.9 Å². The second-order valence-electron chi connectivity index (χ2n) is 2.82. The molecule has 0 aliphatic carbocycles. The van der Waals surface area contributed by atoms with Crippen LogP contribution >= 0.6 is 10.7 Å². The third-order valence-corrected chi connectivity index (χ3v) is 2.82. The van der Waals surface area contributed by atoms with Gasteiger partial charge in [0.05, 0.1) is 12.4 Å². The first-order chi connectivity index (χ1) is 8.39. The summed E-state index contributed by atoms with van der Waals surface area (Å²) in [6.45, 7) is 0. The van der Waals surface area contributed by atoms with Gasteiger partial charge in [-0.05, 0) is 6.07 Å². The van der Waals surface area contributed by atoms with Crippen LogP contribution in [0, 0.1) is 0 Å². The van der Waals surface area contributed by atoms with E-state index in [4.69, 9.17) is 22.1 Å². The molecule has 0 saturated heterocycles. The number of nitrogens with zero attached hydrogens (tertiary/aromatic N) is 4. The zero-order valence-electron chi connectivity index (χ0n) is 8.93. The smallest absolute Gasteiger partial charge is 0.264 e. The molecule has 2 aromatic rings. The average Bonchev–Trinajstić information content (AvgIpc) is 2.30. The summed E-state index contributed by atoms with van der Waals surface area (Å²) in [6.07, 6.45) is 5.29. The molecule has 0 aliphatic heterocycles. The summed E-state index contributed by atoms with van der Waals surface area (Å²) < 4.78 is 21.2. The maximum absolute atomic E-state index is 10.6. The highest BCUT2D eigenvalue weighted by Crippen LogP contribution is 2.11. The van der Waals surface area contributed by atoms with Crippen LogP contribution in [-0.4, -0.2) is 28.4 Å². The Hall–Kier alpha value is -2.00. The minimum atomic E-state index is -3.73. The van der Waals surface area contributed by atoms with E-state index in [0.29, 0.717) is 5.95 Å². The normalized spacial score (nSPS) is 10.3. The van der Waals surface area contributed by atoms with Gasteiger partial charge >= 0.3 is 0 Å². The van der Waals surface area contributed by atoms with Crippen LogP contribution < -0.4 is 11.5 Å². The maximum atomic E-state index is 10.6. The van der Waals surface area contributed by atoms with Crippen molar-refractivity contribution in [1.82, 2.24) is 19.9 Å². The third-order valence-electron chi connectivity index (χ3n) is 1.52. The molecule has 4 N–H and O–H groups in total. The Balaban J connectivity index is 0.000000199. The van der Waals surface area contributed by atoms with Crippen molar-refractivity contribution in [2.45, 2.75) is 4.90 Å². The van der Waals surface area contributed by atoms with Gasteiger partial charge in [0.2, 0.25) is 11.9 Å². The van der Waals surface area contributed by atoms with E-state index in [9.17, 15) is 8.42 Å². The number of hydrogen-bond acceptors (Lipinski definition) is 8. The van der Waals surface area contributed by atoms with E-state index < -0.39 is 9.05 Å². The van der Waals surface area contributed by atoms with Crippen LogP contribution in [0.25, 0.3) is 0 Å². The predicted molar refractivity (Wildman–Crippen MR) is 65.9 cm³/mol. The molecule has 2 heterocycles. The highest BCUT2D eigenvalue weighted by molar-refractivity contribution is 8.13. The number of halogens is 1. The molecule has 2 aromatic heterocycles. The lowest BCUT2D eigenvalue weighted by Gasteiger charge is -1.93. The van der Waals surface area contributed by atoms with Crippen LogP contribution in [0.3, 0.4) is 0 Å². The van der Waals surface area contributed by atoms with Gasteiger partial charge in [-0.15, -0.1) is 0 Å². The van der Waals surface area contributed by atoms with Crippen molar-refractivity contribution in [3.8, 4) is 0 Å². The van der Waals surface area contributed by atoms with Gasteiger partial charge in [0.1, 0.15) is 4.90 Å². The van der Waals surface area contributed by atoms with Crippen molar-refractivity contribution in [2.75, 3.05) is 11.5 Å². The van der Waals surface area contributed by atoms with Crippen LogP contribution in [0.15, 0.2) is 35.7 Å². The zero-order valence-corrected chi connectivity index (χ0v) is 10.5. The molecule has 0 aromatic carbocycles. The number of aromatic nitrogens is 4. The maximum Gasteiger partial charge on any atom is 0.264 e. The van der Waals surface area contributed by atoms with E-state index >= 15 is 0 Å². The molecule has 0 radical (unpaired) electrons. The van der Waals surface area contributed by atoms with E-state index in [1.54, 1.807) is 18.5 Å². The minimum Gasteiger partial charge on any atom is -0.368 e. The van der Waals surface area contributed by atoms with E-state index in [1.165, 1.54) is 0 Å². The molecule has 8 nitrogen and oxygen atoms in total. The summed E-state index contributed by atoms with van der Waals surface area (Å²) in [5.74, 6) is 0.330. The van der Waals surface area contributed by atoms with E-state index in [1.807, 2.05) is 0 Å². The Labute approximate surface area is 107 Å². The number of hydrogen-bond donors (Lipinski definition) is 2. The number of anilines is 2. The summed E-state index contributed by atoms with van der Waals surface area (Å²) >= 11 is 0. The number of nitrogen functional groups attached to an aromatic ring is 2. The van der Waals surface area contributed by atoms with Crippen molar-refractivity contribution in [3.63, 3.8) is 0 Å². The van der Waals surface area contributed by atoms with Crippen LogP contribution in [0.4, 0.5) is 11.9 Å². The molecule has 0 fully saturated rings. The van der Waals surface area contributed by atoms with Crippen LogP contribution in [-0.2, 0) is 9.05 Å². The van der Waals surface area contributed by atoms with Crippen molar-refractivity contribution < 1.29 is 8.42 Å². The Morgan fingerprint density at radius 1 is 0.944 bits per heavy atom. The minimum absolute atomic E-state index is 0.00840. The van der Waals surface area contributed by atoms with Gasteiger partial charge in [0.25, 0.3) is 9.05 Å². The van der Waals surface area contributed by atoms with Crippen molar-refractivity contribution >= 4 is 31.6 Å². The molecule has 10 heteroatoms. The summed E-state index contributed by atoms with van der Waals surface area (Å²) in [4.78, 5) is 14.0. The summed E-state index contributed by atoms with van der Waals surface area (Å²) in [7, 11) is 1.23. The van der Waals surface area contributed by atoms with Crippen molar-refractivity contribution in [3.05, 3.63) is 30.9 Å². The Bertz CT molecular complexity index is 589. The Morgan fingerprint density at radius 3 is 1.72 bits per heavy atom. The quantitative estimate of drug-likeness (QED) is 0.702. The lowest BCUT2D eigenvalue weighted by Crippen LogP contribution is -1.97. The molecule has 0 amide bonds. The first kappa shape index (κ1) is 14.1. The lowest BCUT2D eigenvalue weighted by atomic mass is 10.7. The first-order valence-electron chi connectivity index (χ1n) is 4.44. The molecular formula is C8H9ClN6O2S. The van der Waals surface area contributed by atoms with Crippen LogP contribution in [0.5, 0.6) is 0 Å². The molecule has 0 aliphatic rings. The molecule has 0 saturated carbocycles. The topological polar surface area (TPSA) is 138 Å². The van der Waals surface area contributed by atoms with Gasteiger partial charge in [-0.2, -0.15) is 0 Å². The van der Waals surface area contributed by atoms with Crippen molar-refractivity contribution in [1.29, 1.82) is 0 Å². The number of nitrogens with two attached hydrogens (primary N) is 2. The second kappa shape index (κ2) is 6.07. The molecule has 18 heavy (non-hydrogen) atoms. The fourth-order valence-electron chi connectivity index (χ4n) is 0.763. The van der Waals surface area contributed by atoms with E-state index in [0.717, 1.165) is 12.4 Å². The van der Waals surface area contributed by atoms with Crippen LogP contribution in [0.1, 0.15) is 0 Å². The van der Waals surface area contributed by atoms with Gasteiger partial charge < -0.3 is 11.5 Å². The van der Waals surface area contributed by atoms with Gasteiger partial charge in [-0.25, -0.2) is 28.4 Å². The lowest BCUT2D eigenvalue weighted by molar-refractivity contribution is 0.609. The summed E-state index contributed by atoms with van der Waals surface area (Å²) in [5, 5.41) is 0. The Kier molecular flexibility index (Phi) is 4.75. The fourth-order valence-corrected chi connectivity index (χ4v) is 1.36. The van der Waals surface area contributed by atoms with Gasteiger partial charge in [-0.3, -0.25) is 0 Å². The first-order valence-corrected chi connectivity index (χ1v) is 6.75. The summed E-state index contributed by atoms with van der Waals surface area (Å²) in [6, 6.07) is 1.72. The largest absolute Gasteiger partial charge is 0.368 e. The molecule has 96 valence electrons. The molecule has 2 rings (SSSR count).